The molecular weight excluding hydrogens is 316 g/mol. The Morgan fingerprint density at radius 2 is 1.84 bits per heavy atom. The molecule has 0 aromatic carbocycles. The number of hydrogen-bond donors (Lipinski definition) is 0. The SMILES string of the molecule is CC(=O)OC1[C@]23CC[C@@H]4[C@H](CC[C@]5(C)C(=O)CC[C@@H]45)[C@]12CCC(=O)C3. The summed E-state index contributed by atoms with van der Waals surface area (Å²) >= 11 is 0. The Morgan fingerprint density at radius 3 is 2.60 bits per heavy atom. The van der Waals surface area contributed by atoms with Gasteiger partial charge >= 0.3 is 5.97 Å². The first-order chi connectivity index (χ1) is 11.8. The maximum atomic E-state index is 12.5. The van der Waals surface area contributed by atoms with E-state index in [2.05, 4.69) is 6.92 Å². The van der Waals surface area contributed by atoms with Crippen LogP contribution in [0.3, 0.4) is 0 Å². The third kappa shape index (κ3) is 1.72. The average Bonchev–Trinajstić information content (AvgIpc) is 3.00. The fourth-order valence-electron chi connectivity index (χ4n) is 8.18. The minimum absolute atomic E-state index is 0.0302. The first-order valence-electron chi connectivity index (χ1n) is 10.1. The maximum Gasteiger partial charge on any atom is 0.302 e. The predicted octanol–water partition coefficient (Wildman–Crippen LogP) is 3.46. The van der Waals surface area contributed by atoms with Crippen LogP contribution >= 0.6 is 0 Å². The van der Waals surface area contributed by atoms with E-state index in [1.807, 2.05) is 0 Å². The van der Waals surface area contributed by atoms with Crippen LogP contribution in [0.5, 0.6) is 0 Å². The lowest BCUT2D eigenvalue weighted by molar-refractivity contribution is -0.145. The summed E-state index contributed by atoms with van der Waals surface area (Å²) in [5.74, 6) is 2.22. The van der Waals surface area contributed by atoms with Gasteiger partial charge in [0, 0.05) is 42.4 Å². The van der Waals surface area contributed by atoms with Gasteiger partial charge in [0.05, 0.1) is 0 Å². The van der Waals surface area contributed by atoms with Crippen LogP contribution < -0.4 is 0 Å². The van der Waals surface area contributed by atoms with Crippen LogP contribution in [0.4, 0.5) is 0 Å². The van der Waals surface area contributed by atoms with Crippen LogP contribution in [0.2, 0.25) is 0 Å². The zero-order valence-corrected chi connectivity index (χ0v) is 15.3. The number of rotatable bonds is 1. The third-order valence-electron chi connectivity index (χ3n) is 9.16. The Kier molecular flexibility index (Phi) is 3.04. The van der Waals surface area contributed by atoms with Gasteiger partial charge in [0.15, 0.2) is 0 Å². The molecule has 0 bridgehead atoms. The average molecular weight is 344 g/mol. The third-order valence-corrected chi connectivity index (χ3v) is 9.16. The highest BCUT2D eigenvalue weighted by molar-refractivity contribution is 5.87. The molecule has 4 nitrogen and oxygen atoms in total. The number of ether oxygens (including phenoxy) is 1. The van der Waals surface area contributed by atoms with Crippen molar-refractivity contribution < 1.29 is 19.1 Å². The Balaban J connectivity index is 1.53. The van der Waals surface area contributed by atoms with E-state index in [9.17, 15) is 14.4 Å². The molecule has 5 aliphatic carbocycles. The molecule has 5 fully saturated rings. The minimum Gasteiger partial charge on any atom is -0.461 e. The summed E-state index contributed by atoms with van der Waals surface area (Å²) in [6.45, 7) is 3.69. The van der Waals surface area contributed by atoms with Crippen LogP contribution in [0.15, 0.2) is 0 Å². The molecule has 0 heterocycles. The van der Waals surface area contributed by atoms with Crippen LogP contribution in [0.1, 0.15) is 71.6 Å². The van der Waals surface area contributed by atoms with Crippen molar-refractivity contribution in [3.63, 3.8) is 0 Å². The molecule has 0 aromatic heterocycles. The highest BCUT2D eigenvalue weighted by Gasteiger charge is 2.84. The second kappa shape index (κ2) is 4.75. The summed E-state index contributed by atoms with van der Waals surface area (Å²) in [5, 5.41) is 0. The topological polar surface area (TPSA) is 60.4 Å². The monoisotopic (exact) mass is 344 g/mol. The molecule has 0 spiro atoms. The molecule has 0 amide bonds. The molecule has 5 aliphatic rings. The van der Waals surface area contributed by atoms with Crippen molar-refractivity contribution in [3.05, 3.63) is 0 Å². The van der Waals surface area contributed by atoms with E-state index in [4.69, 9.17) is 4.74 Å². The van der Waals surface area contributed by atoms with Crippen LogP contribution in [-0.4, -0.2) is 23.6 Å². The molecule has 4 heteroatoms. The van der Waals surface area contributed by atoms with Crippen molar-refractivity contribution in [1.82, 2.24) is 0 Å². The highest BCUT2D eigenvalue weighted by Crippen LogP contribution is 2.83. The van der Waals surface area contributed by atoms with Crippen molar-refractivity contribution in [3.8, 4) is 0 Å². The molecular formula is C21H28O4. The maximum absolute atomic E-state index is 12.5. The molecule has 0 N–H and O–H groups in total. The molecule has 5 rings (SSSR count). The van der Waals surface area contributed by atoms with Crippen molar-refractivity contribution >= 4 is 17.5 Å². The first kappa shape index (κ1) is 16.0. The molecule has 0 radical (unpaired) electrons. The molecule has 0 saturated heterocycles. The van der Waals surface area contributed by atoms with Crippen molar-refractivity contribution in [2.75, 3.05) is 0 Å². The van der Waals surface area contributed by atoms with E-state index >= 15 is 0 Å². The van der Waals surface area contributed by atoms with Gasteiger partial charge in [-0.05, 0) is 56.3 Å². The Hall–Kier alpha value is -1.19. The van der Waals surface area contributed by atoms with E-state index in [1.165, 1.54) is 6.92 Å². The normalized spacial score (nSPS) is 53.4. The van der Waals surface area contributed by atoms with Crippen LogP contribution in [-0.2, 0) is 19.1 Å². The largest absolute Gasteiger partial charge is 0.461 e. The summed E-state index contributed by atoms with van der Waals surface area (Å²) in [5.41, 5.74) is -0.165. The number of hydrogen-bond acceptors (Lipinski definition) is 4. The summed E-state index contributed by atoms with van der Waals surface area (Å²) in [7, 11) is 0. The number of carbonyl (C=O) groups is 3. The smallest absolute Gasteiger partial charge is 0.302 e. The summed E-state index contributed by atoms with van der Waals surface area (Å²) in [4.78, 5) is 36.5. The number of esters is 1. The van der Waals surface area contributed by atoms with Crippen molar-refractivity contribution in [2.45, 2.75) is 77.7 Å². The fourth-order valence-corrected chi connectivity index (χ4v) is 8.18. The fraction of sp³-hybridized carbons (Fsp3) is 0.857. The summed E-state index contributed by atoms with van der Waals surface area (Å²) in [6.07, 6.45) is 8.02. The number of fused-ring (bicyclic) bond motifs is 3. The second-order valence-corrected chi connectivity index (χ2v) is 9.73. The minimum atomic E-state index is -0.208. The van der Waals surface area contributed by atoms with Gasteiger partial charge in [-0.1, -0.05) is 6.92 Å². The van der Waals surface area contributed by atoms with Gasteiger partial charge in [0.25, 0.3) is 0 Å². The van der Waals surface area contributed by atoms with Gasteiger partial charge in [0.2, 0.25) is 0 Å². The summed E-state index contributed by atoms with van der Waals surface area (Å²) in [6, 6.07) is 0. The lowest BCUT2D eigenvalue weighted by Gasteiger charge is -2.53. The number of ketones is 2. The lowest BCUT2D eigenvalue weighted by Crippen LogP contribution is -2.49. The van der Waals surface area contributed by atoms with Gasteiger partial charge in [-0.25, -0.2) is 0 Å². The highest BCUT2D eigenvalue weighted by atomic mass is 16.6. The van der Waals surface area contributed by atoms with Gasteiger partial charge in [-0.3, -0.25) is 14.4 Å². The van der Waals surface area contributed by atoms with E-state index < -0.39 is 0 Å². The molecule has 5 saturated carbocycles. The van der Waals surface area contributed by atoms with Gasteiger partial charge in [0.1, 0.15) is 17.7 Å². The number of Topliss-reactive ketones (excluding diaryl/α,β-unsaturated/α-hetero) is 2. The van der Waals surface area contributed by atoms with Crippen molar-refractivity contribution in [1.29, 1.82) is 0 Å². The standard InChI is InChI=1S/C21H28O4/c1-12(22)25-18-20-9-6-14-15-3-4-17(24)19(15,2)8-7-16(14)21(18,20)10-5-13(23)11-20/h14-16,18H,3-11H2,1-2H3/t14-,15-,16-,18?,19-,20+,21+/m0/s1. The van der Waals surface area contributed by atoms with Crippen LogP contribution in [0.25, 0.3) is 0 Å². The van der Waals surface area contributed by atoms with Gasteiger partial charge < -0.3 is 4.74 Å². The second-order valence-electron chi connectivity index (χ2n) is 9.73. The van der Waals surface area contributed by atoms with Crippen molar-refractivity contribution in [2.24, 2.45) is 34.0 Å². The van der Waals surface area contributed by atoms with E-state index in [0.29, 0.717) is 42.2 Å². The van der Waals surface area contributed by atoms with E-state index in [1.54, 1.807) is 0 Å². The van der Waals surface area contributed by atoms with Crippen LogP contribution in [0, 0.1) is 34.0 Å². The Bertz CT molecular complexity index is 683. The molecule has 0 aromatic rings. The molecule has 7 atom stereocenters. The quantitative estimate of drug-likeness (QED) is 0.684. The Labute approximate surface area is 149 Å². The van der Waals surface area contributed by atoms with E-state index in [0.717, 1.165) is 44.9 Å². The zero-order chi connectivity index (χ0) is 17.6. The number of carbonyl (C=O) groups excluding carboxylic acids is 3. The predicted molar refractivity (Wildman–Crippen MR) is 90.6 cm³/mol. The molecule has 25 heavy (non-hydrogen) atoms. The summed E-state index contributed by atoms with van der Waals surface area (Å²) < 4.78 is 5.83. The molecule has 1 unspecified atom stereocenters. The molecule has 0 aliphatic heterocycles. The zero-order valence-electron chi connectivity index (χ0n) is 15.3. The van der Waals surface area contributed by atoms with Gasteiger partial charge in [-0.15, -0.1) is 0 Å². The lowest BCUT2D eigenvalue weighted by atomic mass is 9.50. The Morgan fingerprint density at radius 1 is 1.04 bits per heavy atom. The first-order valence-corrected chi connectivity index (χ1v) is 10.1. The van der Waals surface area contributed by atoms with E-state index in [-0.39, 0.29) is 28.3 Å². The van der Waals surface area contributed by atoms with Gasteiger partial charge in [-0.2, -0.15) is 0 Å². The molecule has 136 valence electrons.